The fourth-order valence-corrected chi connectivity index (χ4v) is 3.70. The van der Waals surface area contributed by atoms with Gasteiger partial charge in [0.15, 0.2) is 0 Å². The average Bonchev–Trinajstić information content (AvgIpc) is 2.86. The van der Waals surface area contributed by atoms with Gasteiger partial charge in [-0.25, -0.2) is 15.1 Å². The number of aromatic amines is 1. The van der Waals surface area contributed by atoms with E-state index in [1.54, 1.807) is 5.10 Å². The molecule has 0 aromatic carbocycles. The number of pyridine rings is 1. The molecular weight excluding hydrogens is 538 g/mol. The molecule has 4 heterocycles. The van der Waals surface area contributed by atoms with Crippen LogP contribution in [-0.2, 0) is 17.1 Å². The number of alkyl halides is 6. The van der Waals surface area contributed by atoms with Crippen LogP contribution in [-0.4, -0.2) is 63.3 Å². The van der Waals surface area contributed by atoms with Crippen molar-refractivity contribution in [1.82, 2.24) is 25.1 Å². The van der Waals surface area contributed by atoms with Crippen LogP contribution in [0.2, 0.25) is 0 Å². The standard InChI is InChI=1S/C22H20F6N8O3/c1-12(33-16-9-32-34-19(38)18(16)22(26,27)28)11-39-15-4-14(7-29-8-15)36-3-2-35(10-17(36)37)20-30-5-13(6-31-20)21(23,24)25/h4-9,12H,2-3,10-11H2,1H3,(H2,33,34,38). The van der Waals surface area contributed by atoms with E-state index in [1.807, 2.05) is 0 Å². The number of piperazine rings is 1. The third-order valence-electron chi connectivity index (χ3n) is 5.52. The Morgan fingerprint density at radius 3 is 2.38 bits per heavy atom. The van der Waals surface area contributed by atoms with Gasteiger partial charge in [0, 0.05) is 31.5 Å². The first kappa shape index (κ1) is 27.6. The monoisotopic (exact) mass is 558 g/mol. The molecule has 1 aliphatic heterocycles. The molecule has 1 unspecified atom stereocenters. The van der Waals surface area contributed by atoms with Crippen molar-refractivity contribution in [3.8, 4) is 5.75 Å². The predicted octanol–water partition coefficient (Wildman–Crippen LogP) is 2.73. The quantitative estimate of drug-likeness (QED) is 0.421. The van der Waals surface area contributed by atoms with Crippen LogP contribution in [0, 0.1) is 0 Å². The fourth-order valence-electron chi connectivity index (χ4n) is 3.70. The fraction of sp³-hybridized carbons (Fsp3) is 0.364. The molecule has 0 aliphatic carbocycles. The first-order valence-corrected chi connectivity index (χ1v) is 11.3. The SMILES string of the molecule is CC(COc1cncc(N2CCN(c3ncc(C(F)(F)F)cn3)CC2=O)c1)Nc1cn[nH]c(=O)c1C(F)(F)F. The molecule has 1 atom stereocenters. The van der Waals surface area contributed by atoms with Gasteiger partial charge in [-0.05, 0) is 6.92 Å². The Balaban J connectivity index is 1.37. The van der Waals surface area contributed by atoms with Crippen LogP contribution in [0.25, 0.3) is 0 Å². The van der Waals surface area contributed by atoms with E-state index in [0.717, 1.165) is 6.20 Å². The molecule has 1 fully saturated rings. The Hall–Kier alpha value is -4.44. The van der Waals surface area contributed by atoms with E-state index < -0.39 is 40.8 Å². The van der Waals surface area contributed by atoms with Crippen LogP contribution >= 0.6 is 0 Å². The summed E-state index contributed by atoms with van der Waals surface area (Å²) >= 11 is 0. The van der Waals surface area contributed by atoms with Crippen LogP contribution < -0.4 is 25.4 Å². The van der Waals surface area contributed by atoms with Crippen molar-refractivity contribution in [3.63, 3.8) is 0 Å². The minimum absolute atomic E-state index is 0.0167. The maximum Gasteiger partial charge on any atom is 0.423 e. The van der Waals surface area contributed by atoms with Gasteiger partial charge < -0.3 is 19.9 Å². The molecule has 0 saturated carbocycles. The Morgan fingerprint density at radius 2 is 1.74 bits per heavy atom. The van der Waals surface area contributed by atoms with Crippen LogP contribution in [0.15, 0.2) is 41.8 Å². The number of hydrogen-bond acceptors (Lipinski definition) is 9. The summed E-state index contributed by atoms with van der Waals surface area (Å²) in [6.07, 6.45) is -4.56. The van der Waals surface area contributed by atoms with Crippen molar-refractivity contribution in [2.75, 3.05) is 41.4 Å². The van der Waals surface area contributed by atoms with Crippen LogP contribution in [0.5, 0.6) is 5.75 Å². The Bertz CT molecular complexity index is 1380. The molecule has 11 nitrogen and oxygen atoms in total. The van der Waals surface area contributed by atoms with Crippen molar-refractivity contribution in [2.24, 2.45) is 0 Å². The lowest BCUT2D eigenvalue weighted by Gasteiger charge is -2.34. The molecule has 208 valence electrons. The smallest absolute Gasteiger partial charge is 0.423 e. The number of aromatic nitrogens is 5. The molecule has 4 rings (SSSR count). The lowest BCUT2D eigenvalue weighted by molar-refractivity contribution is -0.139. The zero-order chi connectivity index (χ0) is 28.4. The van der Waals surface area contributed by atoms with Gasteiger partial charge in [-0.2, -0.15) is 31.4 Å². The summed E-state index contributed by atoms with van der Waals surface area (Å²) < 4.78 is 83.5. The first-order valence-electron chi connectivity index (χ1n) is 11.3. The van der Waals surface area contributed by atoms with Crippen LogP contribution in [0.3, 0.4) is 0 Å². The highest BCUT2D eigenvalue weighted by Gasteiger charge is 2.37. The van der Waals surface area contributed by atoms with Crippen LogP contribution in [0.1, 0.15) is 18.1 Å². The summed E-state index contributed by atoms with van der Waals surface area (Å²) in [5.74, 6) is -0.181. The highest BCUT2D eigenvalue weighted by molar-refractivity contribution is 5.97. The molecule has 1 aliphatic rings. The molecule has 1 amide bonds. The minimum Gasteiger partial charge on any atom is -0.490 e. The lowest BCUT2D eigenvalue weighted by Crippen LogP contribution is -2.51. The van der Waals surface area contributed by atoms with E-state index in [4.69, 9.17) is 4.74 Å². The van der Waals surface area contributed by atoms with Gasteiger partial charge in [-0.15, -0.1) is 0 Å². The van der Waals surface area contributed by atoms with Crippen LogP contribution in [0.4, 0.5) is 43.7 Å². The number of ether oxygens (including phenoxy) is 1. The maximum atomic E-state index is 13.2. The van der Waals surface area contributed by atoms with E-state index in [9.17, 15) is 35.9 Å². The van der Waals surface area contributed by atoms with Crippen molar-refractivity contribution < 1.29 is 35.9 Å². The Morgan fingerprint density at radius 1 is 1.03 bits per heavy atom. The third-order valence-corrected chi connectivity index (χ3v) is 5.52. The van der Waals surface area contributed by atoms with E-state index in [-0.39, 0.29) is 43.8 Å². The molecular formula is C22H20F6N8O3. The largest absolute Gasteiger partial charge is 0.490 e. The van der Waals surface area contributed by atoms with Gasteiger partial charge in [0.05, 0.1) is 41.6 Å². The summed E-state index contributed by atoms with van der Waals surface area (Å²) in [6, 6.07) is 0.824. The van der Waals surface area contributed by atoms with Crippen molar-refractivity contribution in [1.29, 1.82) is 0 Å². The molecule has 39 heavy (non-hydrogen) atoms. The molecule has 0 spiro atoms. The van der Waals surface area contributed by atoms with Gasteiger partial charge in [-0.1, -0.05) is 0 Å². The first-order chi connectivity index (χ1) is 18.3. The number of carbonyl (C=O) groups is 1. The number of carbonyl (C=O) groups excluding carboxylic acids is 1. The number of anilines is 3. The number of nitrogens with zero attached hydrogens (tertiary/aromatic N) is 6. The molecule has 3 aromatic rings. The summed E-state index contributed by atoms with van der Waals surface area (Å²) in [4.78, 5) is 38.7. The topological polar surface area (TPSA) is 129 Å². The number of rotatable bonds is 7. The van der Waals surface area contributed by atoms with E-state index >= 15 is 0 Å². The maximum absolute atomic E-state index is 13.2. The summed E-state index contributed by atoms with van der Waals surface area (Å²) in [6.45, 7) is 1.60. The predicted molar refractivity (Wildman–Crippen MR) is 124 cm³/mol. The van der Waals surface area contributed by atoms with Crippen molar-refractivity contribution in [2.45, 2.75) is 25.3 Å². The van der Waals surface area contributed by atoms with E-state index in [1.165, 1.54) is 35.2 Å². The molecule has 1 saturated heterocycles. The summed E-state index contributed by atoms with van der Waals surface area (Å²) in [7, 11) is 0. The average molecular weight is 558 g/mol. The van der Waals surface area contributed by atoms with E-state index in [2.05, 4.69) is 25.4 Å². The highest BCUT2D eigenvalue weighted by Crippen LogP contribution is 2.32. The minimum atomic E-state index is -4.90. The highest BCUT2D eigenvalue weighted by atomic mass is 19.4. The second-order valence-corrected chi connectivity index (χ2v) is 8.46. The second-order valence-electron chi connectivity index (χ2n) is 8.46. The summed E-state index contributed by atoms with van der Waals surface area (Å²) in [5.41, 5.74) is -3.92. The lowest BCUT2D eigenvalue weighted by atomic mass is 10.2. The van der Waals surface area contributed by atoms with Crippen molar-refractivity contribution >= 4 is 23.2 Å². The molecule has 2 N–H and O–H groups in total. The number of amides is 1. The number of halogens is 6. The zero-order valence-electron chi connectivity index (χ0n) is 20.0. The molecule has 17 heteroatoms. The Labute approximate surface area is 215 Å². The summed E-state index contributed by atoms with van der Waals surface area (Å²) in [5, 5.41) is 7.70. The van der Waals surface area contributed by atoms with Gasteiger partial charge >= 0.3 is 12.4 Å². The van der Waals surface area contributed by atoms with E-state index in [0.29, 0.717) is 18.1 Å². The Kier molecular flexibility index (Phi) is 7.60. The third kappa shape index (κ3) is 6.53. The van der Waals surface area contributed by atoms with Gasteiger partial charge in [0.25, 0.3) is 5.56 Å². The van der Waals surface area contributed by atoms with Gasteiger partial charge in [0.2, 0.25) is 11.9 Å². The molecule has 0 bridgehead atoms. The van der Waals surface area contributed by atoms with Gasteiger partial charge in [-0.3, -0.25) is 14.6 Å². The van der Waals surface area contributed by atoms with Crippen molar-refractivity contribution in [3.05, 3.63) is 58.5 Å². The zero-order valence-corrected chi connectivity index (χ0v) is 20.0. The second kappa shape index (κ2) is 10.7. The molecule has 0 radical (unpaired) electrons. The number of nitrogens with one attached hydrogen (secondary N) is 2. The number of H-pyrrole nitrogens is 1. The van der Waals surface area contributed by atoms with Gasteiger partial charge in [0.1, 0.15) is 24.5 Å². The normalized spacial score (nSPS) is 15.3. The number of hydrogen-bond donors (Lipinski definition) is 2. The molecule has 3 aromatic heterocycles.